The summed E-state index contributed by atoms with van der Waals surface area (Å²) in [6.07, 6.45) is 8.36. The Balaban J connectivity index is 1.33. The number of halogens is 1. The molecule has 0 radical (unpaired) electrons. The van der Waals surface area contributed by atoms with Gasteiger partial charge in [-0.15, -0.1) is 0 Å². The first kappa shape index (κ1) is 27.6. The number of carboxylic acids is 1. The van der Waals surface area contributed by atoms with Crippen LogP contribution in [-0.4, -0.2) is 18.2 Å². The molecule has 0 bridgehead atoms. The van der Waals surface area contributed by atoms with Crippen LogP contribution in [0.3, 0.4) is 0 Å². The SMILES string of the molecule is COc1ccc(F)c(-c2ccc(COc3ccc4c(c3)[C@@]3(CCCC4)[C@H](C(=O)O)[C@@H]3C)cc2C2=CCCC2(C)C)c1. The van der Waals surface area contributed by atoms with Gasteiger partial charge in [0, 0.05) is 11.0 Å². The number of aryl methyl sites for hydroxylation is 1. The van der Waals surface area contributed by atoms with E-state index in [9.17, 15) is 9.90 Å². The highest BCUT2D eigenvalue weighted by atomic mass is 19.1. The summed E-state index contributed by atoms with van der Waals surface area (Å²) in [6, 6.07) is 17.3. The topological polar surface area (TPSA) is 55.8 Å². The molecule has 5 heteroatoms. The van der Waals surface area contributed by atoms with E-state index in [1.165, 1.54) is 17.2 Å². The second-order valence-corrected chi connectivity index (χ2v) is 12.7. The number of aliphatic carboxylic acids is 1. The van der Waals surface area contributed by atoms with Gasteiger partial charge in [-0.05, 0) is 113 Å². The monoisotopic (exact) mass is 554 g/mol. The van der Waals surface area contributed by atoms with Crippen LogP contribution in [0.15, 0.2) is 60.7 Å². The fourth-order valence-electron chi connectivity index (χ4n) is 7.63. The lowest BCUT2D eigenvalue weighted by atomic mass is 9.79. The van der Waals surface area contributed by atoms with E-state index in [-0.39, 0.29) is 28.5 Å². The van der Waals surface area contributed by atoms with Gasteiger partial charge < -0.3 is 14.6 Å². The van der Waals surface area contributed by atoms with Crippen molar-refractivity contribution in [1.82, 2.24) is 0 Å². The van der Waals surface area contributed by atoms with Gasteiger partial charge in [-0.3, -0.25) is 4.79 Å². The van der Waals surface area contributed by atoms with Crippen LogP contribution in [0.1, 0.15) is 75.1 Å². The second kappa shape index (κ2) is 10.3. The van der Waals surface area contributed by atoms with E-state index in [0.29, 0.717) is 17.9 Å². The van der Waals surface area contributed by atoms with Crippen molar-refractivity contribution in [3.63, 3.8) is 0 Å². The zero-order chi connectivity index (χ0) is 28.9. The number of carbonyl (C=O) groups is 1. The summed E-state index contributed by atoms with van der Waals surface area (Å²) in [6.45, 7) is 6.94. The van der Waals surface area contributed by atoms with Crippen molar-refractivity contribution in [3.05, 3.63) is 88.7 Å². The van der Waals surface area contributed by atoms with Crippen molar-refractivity contribution in [3.8, 4) is 22.6 Å². The molecule has 0 aliphatic heterocycles. The van der Waals surface area contributed by atoms with Gasteiger partial charge in [0.2, 0.25) is 0 Å². The first-order valence-electron chi connectivity index (χ1n) is 14.8. The molecule has 0 aromatic heterocycles. The molecule has 1 saturated carbocycles. The largest absolute Gasteiger partial charge is 0.497 e. The minimum absolute atomic E-state index is 0.0173. The Morgan fingerprint density at radius 3 is 2.49 bits per heavy atom. The molecule has 1 spiro atoms. The summed E-state index contributed by atoms with van der Waals surface area (Å²) >= 11 is 0. The van der Waals surface area contributed by atoms with Crippen LogP contribution in [0, 0.1) is 23.1 Å². The predicted octanol–water partition coefficient (Wildman–Crippen LogP) is 8.60. The minimum atomic E-state index is -0.694. The van der Waals surface area contributed by atoms with E-state index >= 15 is 4.39 Å². The Morgan fingerprint density at radius 2 is 1.78 bits per heavy atom. The molecule has 4 nitrogen and oxygen atoms in total. The maximum absolute atomic E-state index is 15.1. The zero-order valence-corrected chi connectivity index (χ0v) is 24.4. The van der Waals surface area contributed by atoms with Crippen molar-refractivity contribution in [2.24, 2.45) is 17.3 Å². The Kier molecular flexibility index (Phi) is 6.96. The molecule has 3 aromatic carbocycles. The number of allylic oxidation sites excluding steroid dienone is 2. The Hall–Kier alpha value is -3.60. The van der Waals surface area contributed by atoms with Gasteiger partial charge in [-0.2, -0.15) is 0 Å². The van der Waals surface area contributed by atoms with E-state index in [1.54, 1.807) is 19.2 Å². The highest BCUT2D eigenvalue weighted by Crippen LogP contribution is 2.64. The predicted molar refractivity (Wildman–Crippen MR) is 160 cm³/mol. The molecule has 1 N–H and O–H groups in total. The second-order valence-electron chi connectivity index (χ2n) is 12.7. The van der Waals surface area contributed by atoms with E-state index in [4.69, 9.17) is 9.47 Å². The Morgan fingerprint density at radius 1 is 0.976 bits per heavy atom. The summed E-state index contributed by atoms with van der Waals surface area (Å²) in [4.78, 5) is 12.1. The molecule has 3 aromatic rings. The van der Waals surface area contributed by atoms with Gasteiger partial charge in [-0.1, -0.05) is 51.5 Å². The number of hydrogen-bond acceptors (Lipinski definition) is 3. The van der Waals surface area contributed by atoms with Crippen LogP contribution in [0.5, 0.6) is 11.5 Å². The number of carboxylic acid groups (broad SMARTS) is 1. The van der Waals surface area contributed by atoms with Gasteiger partial charge in [0.05, 0.1) is 13.0 Å². The number of hydrogen-bond donors (Lipinski definition) is 1. The average molecular weight is 555 g/mol. The minimum Gasteiger partial charge on any atom is -0.497 e. The van der Waals surface area contributed by atoms with E-state index in [0.717, 1.165) is 66.5 Å². The standard InChI is InChI=1S/C36H39FO4/c1-22-33(34(38)39)36(22)17-6-5-8-24-11-12-26(20-31(24)36)41-21-23-10-14-27(29-19-25(40-4)13-15-32(29)37)28(18-23)30-9-7-16-35(30,2)3/h9-15,18-20,22,33H,5-8,16-17,21H2,1-4H3,(H,38,39)/t22-,33-,36-/m0/s1. The first-order valence-corrected chi connectivity index (χ1v) is 14.8. The lowest BCUT2D eigenvalue weighted by Crippen LogP contribution is -2.16. The van der Waals surface area contributed by atoms with Crippen molar-refractivity contribution < 1.29 is 23.8 Å². The maximum Gasteiger partial charge on any atom is 0.307 e. The number of methoxy groups -OCH3 is 1. The van der Waals surface area contributed by atoms with Crippen LogP contribution >= 0.6 is 0 Å². The van der Waals surface area contributed by atoms with Crippen LogP contribution in [-0.2, 0) is 23.2 Å². The summed E-state index contributed by atoms with van der Waals surface area (Å²) < 4.78 is 26.9. The molecule has 0 heterocycles. The van der Waals surface area contributed by atoms with Gasteiger partial charge in [0.25, 0.3) is 0 Å². The number of rotatable bonds is 7. The fraction of sp³-hybridized carbons (Fsp3) is 0.417. The first-order chi connectivity index (χ1) is 19.7. The molecule has 3 atom stereocenters. The van der Waals surface area contributed by atoms with E-state index < -0.39 is 5.97 Å². The quantitative estimate of drug-likeness (QED) is 0.318. The van der Waals surface area contributed by atoms with Gasteiger partial charge >= 0.3 is 5.97 Å². The van der Waals surface area contributed by atoms with Crippen LogP contribution in [0.2, 0.25) is 0 Å². The van der Waals surface area contributed by atoms with Crippen LogP contribution in [0.25, 0.3) is 16.7 Å². The van der Waals surface area contributed by atoms with Crippen molar-refractivity contribution >= 4 is 11.5 Å². The lowest BCUT2D eigenvalue weighted by molar-refractivity contribution is -0.139. The van der Waals surface area contributed by atoms with Crippen molar-refractivity contribution in [1.29, 1.82) is 0 Å². The van der Waals surface area contributed by atoms with E-state index in [1.807, 2.05) is 18.2 Å². The molecule has 3 aliphatic rings. The third kappa shape index (κ3) is 4.73. The molecular weight excluding hydrogens is 515 g/mol. The van der Waals surface area contributed by atoms with E-state index in [2.05, 4.69) is 45.0 Å². The molecule has 41 heavy (non-hydrogen) atoms. The molecule has 3 aliphatic carbocycles. The maximum atomic E-state index is 15.1. The van der Waals surface area contributed by atoms with Crippen molar-refractivity contribution in [2.45, 2.75) is 71.3 Å². The summed E-state index contributed by atoms with van der Waals surface area (Å²) in [5, 5.41) is 9.92. The fourth-order valence-corrected chi connectivity index (χ4v) is 7.63. The third-order valence-electron chi connectivity index (χ3n) is 9.98. The Bertz CT molecular complexity index is 1540. The van der Waals surface area contributed by atoms with Gasteiger partial charge in [0.15, 0.2) is 0 Å². The molecule has 1 fully saturated rings. The number of fused-ring (bicyclic) bond motifs is 2. The summed E-state index contributed by atoms with van der Waals surface area (Å²) in [5.41, 5.74) is 6.75. The highest BCUT2D eigenvalue weighted by Gasteiger charge is 2.66. The molecule has 0 amide bonds. The molecule has 0 saturated heterocycles. The summed E-state index contributed by atoms with van der Waals surface area (Å²) in [7, 11) is 1.59. The van der Waals surface area contributed by atoms with Gasteiger partial charge in [-0.25, -0.2) is 4.39 Å². The molecule has 0 unspecified atom stereocenters. The number of benzene rings is 3. The van der Waals surface area contributed by atoms with Crippen LogP contribution in [0.4, 0.5) is 4.39 Å². The third-order valence-corrected chi connectivity index (χ3v) is 9.98. The molecule has 6 rings (SSSR count). The highest BCUT2D eigenvalue weighted by molar-refractivity contribution is 5.85. The number of ether oxygens (including phenoxy) is 2. The smallest absolute Gasteiger partial charge is 0.307 e. The summed E-state index contributed by atoms with van der Waals surface area (Å²) in [5.74, 6) is 0.210. The van der Waals surface area contributed by atoms with Gasteiger partial charge in [0.1, 0.15) is 23.9 Å². The lowest BCUT2D eigenvalue weighted by Gasteiger charge is -2.25. The molecule has 214 valence electrons. The molecular formula is C36H39FO4. The average Bonchev–Trinajstić information content (AvgIpc) is 3.47. The van der Waals surface area contributed by atoms with Crippen molar-refractivity contribution in [2.75, 3.05) is 7.11 Å². The zero-order valence-electron chi connectivity index (χ0n) is 24.4. The van der Waals surface area contributed by atoms with Crippen LogP contribution < -0.4 is 9.47 Å². The Labute approximate surface area is 242 Å². The normalized spacial score (nSPS) is 24.4.